The number of amides is 1. The first-order chi connectivity index (χ1) is 13.4. The van der Waals surface area contributed by atoms with Gasteiger partial charge in [-0.1, -0.05) is 23.7 Å². The van der Waals surface area contributed by atoms with Crippen LogP contribution in [0, 0.1) is 20.8 Å². The van der Waals surface area contributed by atoms with Gasteiger partial charge < -0.3 is 15.4 Å². The molecule has 0 aliphatic heterocycles. The standard InChI is InChI=1S/C21H21ClN4O2/c1-12-5-6-13(2)16(9-12)25-20-11-18(23-14(3)24-20)21(27)26-17-10-15(22)7-8-19(17)28-4/h5-11H,1-4H3,(H,26,27)(H,23,24,25). The summed E-state index contributed by atoms with van der Waals surface area (Å²) in [5.74, 6) is 1.16. The maximum absolute atomic E-state index is 12.7. The molecule has 1 amide bonds. The highest BCUT2D eigenvalue weighted by Crippen LogP contribution is 2.28. The van der Waals surface area contributed by atoms with Crippen LogP contribution >= 0.6 is 11.6 Å². The number of aryl methyl sites for hydroxylation is 3. The van der Waals surface area contributed by atoms with Gasteiger partial charge in [0.05, 0.1) is 12.8 Å². The average molecular weight is 397 g/mol. The number of nitrogens with zero attached hydrogens (tertiary/aromatic N) is 2. The lowest BCUT2D eigenvalue weighted by atomic mass is 10.1. The predicted molar refractivity (Wildman–Crippen MR) is 112 cm³/mol. The number of carbonyl (C=O) groups excluding carboxylic acids is 1. The van der Waals surface area contributed by atoms with Crippen molar-refractivity contribution in [3.8, 4) is 5.75 Å². The van der Waals surface area contributed by atoms with Gasteiger partial charge in [-0.15, -0.1) is 0 Å². The molecule has 2 N–H and O–H groups in total. The van der Waals surface area contributed by atoms with Crippen LogP contribution in [0.4, 0.5) is 17.2 Å². The molecule has 1 aromatic heterocycles. The van der Waals surface area contributed by atoms with E-state index in [0.717, 1.165) is 16.8 Å². The Kier molecular flexibility index (Phi) is 5.80. The largest absolute Gasteiger partial charge is 0.495 e. The summed E-state index contributed by atoms with van der Waals surface area (Å²) >= 11 is 6.03. The van der Waals surface area contributed by atoms with Crippen LogP contribution < -0.4 is 15.4 Å². The molecule has 0 saturated carbocycles. The van der Waals surface area contributed by atoms with Gasteiger partial charge in [0.2, 0.25) is 0 Å². The van der Waals surface area contributed by atoms with Crippen molar-refractivity contribution in [1.82, 2.24) is 9.97 Å². The zero-order chi connectivity index (χ0) is 20.3. The Morgan fingerprint density at radius 3 is 2.54 bits per heavy atom. The van der Waals surface area contributed by atoms with Gasteiger partial charge in [0, 0.05) is 16.8 Å². The Bertz CT molecular complexity index is 1040. The number of hydrogen-bond acceptors (Lipinski definition) is 5. The van der Waals surface area contributed by atoms with E-state index in [2.05, 4.69) is 20.6 Å². The third kappa shape index (κ3) is 4.58. The lowest BCUT2D eigenvalue weighted by Gasteiger charge is -2.13. The molecule has 28 heavy (non-hydrogen) atoms. The van der Waals surface area contributed by atoms with Crippen molar-refractivity contribution in [2.75, 3.05) is 17.7 Å². The Morgan fingerprint density at radius 1 is 1.00 bits per heavy atom. The minimum atomic E-state index is -0.380. The van der Waals surface area contributed by atoms with Crippen LogP contribution in [-0.4, -0.2) is 23.0 Å². The molecule has 0 saturated heterocycles. The first-order valence-corrected chi connectivity index (χ1v) is 9.08. The molecule has 2 aromatic carbocycles. The predicted octanol–water partition coefficient (Wildman–Crippen LogP) is 5.06. The molecule has 0 spiro atoms. The smallest absolute Gasteiger partial charge is 0.274 e. The molecule has 0 bridgehead atoms. The van der Waals surface area contributed by atoms with Gasteiger partial charge in [0.25, 0.3) is 5.91 Å². The third-order valence-corrected chi connectivity index (χ3v) is 4.37. The fraction of sp³-hybridized carbons (Fsp3) is 0.190. The normalized spacial score (nSPS) is 10.5. The number of benzene rings is 2. The van der Waals surface area contributed by atoms with E-state index in [4.69, 9.17) is 16.3 Å². The molecule has 7 heteroatoms. The number of anilines is 3. The third-order valence-electron chi connectivity index (χ3n) is 4.14. The van der Waals surface area contributed by atoms with Crippen molar-refractivity contribution >= 4 is 34.7 Å². The molecule has 0 unspecified atom stereocenters. The molecular formula is C21H21ClN4O2. The SMILES string of the molecule is COc1ccc(Cl)cc1NC(=O)c1cc(Nc2cc(C)ccc2C)nc(C)n1. The number of ether oxygens (including phenoxy) is 1. The first kappa shape index (κ1) is 19.6. The number of aromatic nitrogens is 2. The van der Waals surface area contributed by atoms with E-state index in [1.54, 1.807) is 31.2 Å². The monoisotopic (exact) mass is 396 g/mol. The second kappa shape index (κ2) is 8.27. The van der Waals surface area contributed by atoms with E-state index in [-0.39, 0.29) is 11.6 Å². The number of methoxy groups -OCH3 is 1. The van der Waals surface area contributed by atoms with Gasteiger partial charge >= 0.3 is 0 Å². The number of carbonyl (C=O) groups is 1. The molecule has 0 aliphatic carbocycles. The van der Waals surface area contributed by atoms with E-state index in [0.29, 0.717) is 28.1 Å². The molecule has 1 heterocycles. The molecule has 0 atom stereocenters. The summed E-state index contributed by atoms with van der Waals surface area (Å²) in [5, 5.41) is 6.55. The topological polar surface area (TPSA) is 76.1 Å². The quantitative estimate of drug-likeness (QED) is 0.630. The summed E-state index contributed by atoms with van der Waals surface area (Å²) in [6, 6.07) is 12.7. The number of halogens is 1. The fourth-order valence-electron chi connectivity index (χ4n) is 2.72. The Morgan fingerprint density at radius 2 is 1.79 bits per heavy atom. The van der Waals surface area contributed by atoms with Crippen molar-refractivity contribution in [2.45, 2.75) is 20.8 Å². The minimum absolute atomic E-state index is 0.238. The maximum atomic E-state index is 12.7. The first-order valence-electron chi connectivity index (χ1n) is 8.70. The van der Waals surface area contributed by atoms with Crippen LogP contribution in [0.2, 0.25) is 5.02 Å². The molecule has 6 nitrogen and oxygen atoms in total. The fourth-order valence-corrected chi connectivity index (χ4v) is 2.89. The van der Waals surface area contributed by atoms with E-state index in [9.17, 15) is 4.79 Å². The Hall–Kier alpha value is -3.12. The van der Waals surface area contributed by atoms with Crippen LogP contribution in [0.15, 0.2) is 42.5 Å². The molecular weight excluding hydrogens is 376 g/mol. The van der Waals surface area contributed by atoms with Gasteiger partial charge in [0.1, 0.15) is 23.1 Å². The summed E-state index contributed by atoms with van der Waals surface area (Å²) in [4.78, 5) is 21.4. The molecule has 3 aromatic rings. The van der Waals surface area contributed by atoms with Crippen molar-refractivity contribution in [3.05, 3.63) is 70.1 Å². The van der Waals surface area contributed by atoms with Crippen LogP contribution in [0.3, 0.4) is 0 Å². The van der Waals surface area contributed by atoms with E-state index in [1.807, 2.05) is 32.0 Å². The second-order valence-corrected chi connectivity index (χ2v) is 6.86. The van der Waals surface area contributed by atoms with Gasteiger partial charge in [-0.3, -0.25) is 4.79 Å². The van der Waals surface area contributed by atoms with Crippen LogP contribution in [0.1, 0.15) is 27.4 Å². The van der Waals surface area contributed by atoms with E-state index >= 15 is 0 Å². The lowest BCUT2D eigenvalue weighted by molar-refractivity contribution is 0.102. The van der Waals surface area contributed by atoms with Gasteiger partial charge in [-0.05, 0) is 56.2 Å². The second-order valence-electron chi connectivity index (χ2n) is 6.43. The maximum Gasteiger partial charge on any atom is 0.274 e. The summed E-state index contributed by atoms with van der Waals surface area (Å²) in [5.41, 5.74) is 3.85. The minimum Gasteiger partial charge on any atom is -0.495 e. The molecule has 0 radical (unpaired) electrons. The van der Waals surface area contributed by atoms with E-state index < -0.39 is 0 Å². The highest BCUT2D eigenvalue weighted by atomic mass is 35.5. The molecule has 3 rings (SSSR count). The Labute approximate surface area is 168 Å². The summed E-state index contributed by atoms with van der Waals surface area (Å²) in [7, 11) is 1.53. The van der Waals surface area contributed by atoms with Crippen LogP contribution in [0.25, 0.3) is 0 Å². The van der Waals surface area contributed by atoms with Crippen molar-refractivity contribution in [1.29, 1.82) is 0 Å². The van der Waals surface area contributed by atoms with Crippen molar-refractivity contribution in [2.24, 2.45) is 0 Å². The molecule has 0 aliphatic rings. The molecule has 0 fully saturated rings. The van der Waals surface area contributed by atoms with E-state index in [1.165, 1.54) is 7.11 Å². The number of rotatable bonds is 5. The highest BCUT2D eigenvalue weighted by molar-refractivity contribution is 6.31. The average Bonchev–Trinajstić information content (AvgIpc) is 2.64. The van der Waals surface area contributed by atoms with Gasteiger partial charge in [-0.25, -0.2) is 9.97 Å². The Balaban J connectivity index is 1.88. The van der Waals surface area contributed by atoms with Crippen molar-refractivity contribution < 1.29 is 9.53 Å². The highest BCUT2D eigenvalue weighted by Gasteiger charge is 2.14. The summed E-state index contributed by atoms with van der Waals surface area (Å²) < 4.78 is 5.27. The zero-order valence-corrected chi connectivity index (χ0v) is 16.9. The van der Waals surface area contributed by atoms with Gasteiger partial charge in [-0.2, -0.15) is 0 Å². The lowest BCUT2D eigenvalue weighted by Crippen LogP contribution is -2.16. The number of hydrogen-bond donors (Lipinski definition) is 2. The molecule has 144 valence electrons. The van der Waals surface area contributed by atoms with Crippen LogP contribution in [0.5, 0.6) is 5.75 Å². The summed E-state index contributed by atoms with van der Waals surface area (Å²) in [6.45, 7) is 5.77. The summed E-state index contributed by atoms with van der Waals surface area (Å²) in [6.07, 6.45) is 0. The van der Waals surface area contributed by atoms with Crippen molar-refractivity contribution in [3.63, 3.8) is 0 Å². The number of nitrogens with one attached hydrogen (secondary N) is 2. The zero-order valence-electron chi connectivity index (χ0n) is 16.1. The van der Waals surface area contributed by atoms with Crippen LogP contribution in [-0.2, 0) is 0 Å². The van der Waals surface area contributed by atoms with Gasteiger partial charge in [0.15, 0.2) is 0 Å².